The Kier molecular flexibility index (Phi) is 2.97. The molecule has 0 bridgehead atoms. The second-order valence-corrected chi connectivity index (χ2v) is 5.46. The van der Waals surface area contributed by atoms with E-state index in [0.29, 0.717) is 12.0 Å². The van der Waals surface area contributed by atoms with Crippen LogP contribution in [-0.4, -0.2) is 19.3 Å². The smallest absolute Gasteiger partial charge is 0.0950 e. The minimum atomic E-state index is 0.224. The number of hydrogen-bond donors (Lipinski definition) is 1. The van der Waals surface area contributed by atoms with Crippen molar-refractivity contribution in [3.05, 3.63) is 24.2 Å². The van der Waals surface area contributed by atoms with Gasteiger partial charge in [-0.1, -0.05) is 0 Å². The summed E-state index contributed by atoms with van der Waals surface area (Å²) in [7, 11) is 2.04. The molecule has 1 aliphatic heterocycles. The predicted molar refractivity (Wildman–Crippen MR) is 65.8 cm³/mol. The number of ether oxygens (including phenoxy) is 1. The van der Waals surface area contributed by atoms with Crippen LogP contribution in [0.4, 0.5) is 0 Å². The molecule has 1 aromatic rings. The highest BCUT2D eigenvalue weighted by Gasteiger charge is 2.44. The molecule has 2 unspecified atom stereocenters. The molecule has 94 valence electrons. The van der Waals surface area contributed by atoms with Gasteiger partial charge < -0.3 is 14.5 Å². The van der Waals surface area contributed by atoms with Gasteiger partial charge in [0.05, 0.1) is 18.1 Å². The Morgan fingerprint density at radius 3 is 2.94 bits per heavy atom. The first kappa shape index (κ1) is 11.3. The molecule has 1 saturated carbocycles. The molecule has 1 aliphatic carbocycles. The quantitative estimate of drug-likeness (QED) is 0.874. The zero-order chi connectivity index (χ0) is 11.7. The second-order valence-electron chi connectivity index (χ2n) is 5.46. The standard InChI is InChI=1S/C14H21NO2/c1-15-13(12-3-7-16-10-12)11-4-8-17-14(9-11)5-2-6-14/h3,7,10-11,13,15H,2,4-6,8-9H2,1H3. The van der Waals surface area contributed by atoms with Gasteiger partial charge in [0.1, 0.15) is 0 Å². The Bertz CT molecular complexity index is 356. The van der Waals surface area contributed by atoms with Crippen LogP contribution in [0, 0.1) is 5.92 Å². The number of rotatable bonds is 3. The maximum absolute atomic E-state index is 5.99. The summed E-state index contributed by atoms with van der Waals surface area (Å²) >= 11 is 0. The molecule has 2 fully saturated rings. The minimum absolute atomic E-state index is 0.224. The van der Waals surface area contributed by atoms with Crippen molar-refractivity contribution < 1.29 is 9.15 Å². The summed E-state index contributed by atoms with van der Waals surface area (Å²) in [6.45, 7) is 0.917. The van der Waals surface area contributed by atoms with Crippen molar-refractivity contribution in [3.8, 4) is 0 Å². The van der Waals surface area contributed by atoms with Gasteiger partial charge in [0.25, 0.3) is 0 Å². The Morgan fingerprint density at radius 1 is 1.47 bits per heavy atom. The van der Waals surface area contributed by atoms with Crippen LogP contribution in [0.2, 0.25) is 0 Å². The van der Waals surface area contributed by atoms with Gasteiger partial charge in [-0.3, -0.25) is 0 Å². The maximum atomic E-state index is 5.99. The molecule has 2 heterocycles. The molecule has 1 N–H and O–H groups in total. The first-order chi connectivity index (χ1) is 8.33. The lowest BCUT2D eigenvalue weighted by Crippen LogP contribution is -2.47. The van der Waals surface area contributed by atoms with Crippen molar-refractivity contribution in [1.29, 1.82) is 0 Å². The van der Waals surface area contributed by atoms with Gasteiger partial charge in [0.15, 0.2) is 0 Å². The van der Waals surface area contributed by atoms with E-state index in [4.69, 9.17) is 9.15 Å². The van der Waals surface area contributed by atoms with E-state index in [2.05, 4.69) is 11.4 Å². The van der Waals surface area contributed by atoms with Gasteiger partial charge in [0, 0.05) is 18.2 Å². The molecule has 1 spiro atoms. The summed E-state index contributed by atoms with van der Waals surface area (Å²) in [5, 5.41) is 3.44. The normalized spacial score (nSPS) is 28.9. The molecule has 3 rings (SSSR count). The summed E-state index contributed by atoms with van der Waals surface area (Å²) in [6, 6.07) is 2.49. The molecular formula is C14H21NO2. The lowest BCUT2D eigenvalue weighted by atomic mass is 9.70. The van der Waals surface area contributed by atoms with E-state index in [1.165, 1.54) is 31.2 Å². The highest BCUT2D eigenvalue weighted by atomic mass is 16.5. The van der Waals surface area contributed by atoms with Crippen molar-refractivity contribution in [2.75, 3.05) is 13.7 Å². The van der Waals surface area contributed by atoms with Gasteiger partial charge in [-0.05, 0) is 51.1 Å². The van der Waals surface area contributed by atoms with Crippen LogP contribution in [0.25, 0.3) is 0 Å². The van der Waals surface area contributed by atoms with E-state index in [0.717, 1.165) is 13.0 Å². The highest BCUT2D eigenvalue weighted by Crippen LogP contribution is 2.47. The summed E-state index contributed by atoms with van der Waals surface area (Å²) in [6.07, 6.45) is 9.82. The number of nitrogens with one attached hydrogen (secondary N) is 1. The van der Waals surface area contributed by atoms with Crippen molar-refractivity contribution in [3.63, 3.8) is 0 Å². The third-order valence-electron chi connectivity index (χ3n) is 4.48. The molecule has 1 aromatic heterocycles. The van der Waals surface area contributed by atoms with Crippen LogP contribution in [0.3, 0.4) is 0 Å². The molecule has 0 aromatic carbocycles. The molecule has 3 nitrogen and oxygen atoms in total. The Morgan fingerprint density at radius 2 is 2.35 bits per heavy atom. The average Bonchev–Trinajstić information content (AvgIpc) is 2.82. The largest absolute Gasteiger partial charge is 0.472 e. The van der Waals surface area contributed by atoms with Gasteiger partial charge in [-0.15, -0.1) is 0 Å². The van der Waals surface area contributed by atoms with Crippen LogP contribution >= 0.6 is 0 Å². The lowest BCUT2D eigenvalue weighted by Gasteiger charge is -2.48. The monoisotopic (exact) mass is 235 g/mol. The van der Waals surface area contributed by atoms with E-state index in [1.54, 1.807) is 6.26 Å². The van der Waals surface area contributed by atoms with E-state index < -0.39 is 0 Å². The Labute approximate surface area is 103 Å². The predicted octanol–water partition coefficient (Wildman–Crippen LogP) is 2.89. The molecule has 3 heteroatoms. The third kappa shape index (κ3) is 2.02. The van der Waals surface area contributed by atoms with E-state index in [9.17, 15) is 0 Å². The van der Waals surface area contributed by atoms with Crippen molar-refractivity contribution >= 4 is 0 Å². The van der Waals surface area contributed by atoms with Gasteiger partial charge in [0.2, 0.25) is 0 Å². The maximum Gasteiger partial charge on any atom is 0.0950 e. The lowest BCUT2D eigenvalue weighted by molar-refractivity contribution is -0.147. The van der Waals surface area contributed by atoms with Crippen LogP contribution in [0.1, 0.15) is 43.7 Å². The number of hydrogen-bond acceptors (Lipinski definition) is 3. The molecule has 1 saturated heterocycles. The van der Waals surface area contributed by atoms with Crippen molar-refractivity contribution in [1.82, 2.24) is 5.32 Å². The van der Waals surface area contributed by atoms with Crippen LogP contribution in [0.15, 0.2) is 23.0 Å². The molecule has 0 amide bonds. The average molecular weight is 235 g/mol. The zero-order valence-corrected chi connectivity index (χ0v) is 10.4. The SMILES string of the molecule is CNC(c1ccoc1)C1CCOC2(CCC2)C1. The van der Waals surface area contributed by atoms with Gasteiger partial charge in [-0.25, -0.2) is 0 Å². The van der Waals surface area contributed by atoms with Crippen LogP contribution in [-0.2, 0) is 4.74 Å². The van der Waals surface area contributed by atoms with Crippen molar-refractivity contribution in [2.45, 2.75) is 43.7 Å². The first-order valence-electron chi connectivity index (χ1n) is 6.66. The van der Waals surface area contributed by atoms with Gasteiger partial charge in [-0.2, -0.15) is 0 Å². The van der Waals surface area contributed by atoms with Crippen LogP contribution < -0.4 is 5.32 Å². The van der Waals surface area contributed by atoms with Crippen LogP contribution in [0.5, 0.6) is 0 Å². The first-order valence-corrected chi connectivity index (χ1v) is 6.66. The van der Waals surface area contributed by atoms with Crippen molar-refractivity contribution in [2.24, 2.45) is 5.92 Å². The van der Waals surface area contributed by atoms with E-state index in [1.807, 2.05) is 13.3 Å². The Balaban J connectivity index is 1.73. The fraction of sp³-hybridized carbons (Fsp3) is 0.714. The third-order valence-corrected chi connectivity index (χ3v) is 4.48. The number of furan rings is 1. The molecule has 2 aliphatic rings. The zero-order valence-electron chi connectivity index (χ0n) is 10.4. The highest BCUT2D eigenvalue weighted by molar-refractivity contribution is 5.14. The summed E-state index contributed by atoms with van der Waals surface area (Å²) in [4.78, 5) is 0. The topological polar surface area (TPSA) is 34.4 Å². The summed E-state index contributed by atoms with van der Waals surface area (Å²) < 4.78 is 11.2. The molecule has 17 heavy (non-hydrogen) atoms. The van der Waals surface area contributed by atoms with E-state index >= 15 is 0 Å². The summed E-state index contributed by atoms with van der Waals surface area (Å²) in [5.74, 6) is 0.673. The molecule has 0 radical (unpaired) electrons. The summed E-state index contributed by atoms with van der Waals surface area (Å²) in [5.41, 5.74) is 1.50. The van der Waals surface area contributed by atoms with E-state index in [-0.39, 0.29) is 5.60 Å². The fourth-order valence-electron chi connectivity index (χ4n) is 3.40. The fourth-order valence-corrected chi connectivity index (χ4v) is 3.40. The second kappa shape index (κ2) is 4.46. The minimum Gasteiger partial charge on any atom is -0.472 e. The Hall–Kier alpha value is -0.800. The molecular weight excluding hydrogens is 214 g/mol. The van der Waals surface area contributed by atoms with Gasteiger partial charge >= 0.3 is 0 Å². The molecule has 2 atom stereocenters.